The van der Waals surface area contributed by atoms with Crippen molar-refractivity contribution in [3.63, 3.8) is 0 Å². The second kappa shape index (κ2) is 9.78. The third kappa shape index (κ3) is 4.43. The van der Waals surface area contributed by atoms with Crippen LogP contribution in [0.1, 0.15) is 32.0 Å². The number of aromatic nitrogens is 2. The Morgan fingerprint density at radius 2 is 1.88 bits per heavy atom. The zero-order valence-corrected chi connectivity index (χ0v) is 20.8. The average Bonchev–Trinajstić information content (AvgIpc) is 3.03. The number of rotatable bonds is 5. The van der Waals surface area contributed by atoms with Crippen LogP contribution in [-0.4, -0.2) is 95.8 Å². The van der Waals surface area contributed by atoms with Crippen molar-refractivity contribution in [1.29, 1.82) is 0 Å². The van der Waals surface area contributed by atoms with Crippen molar-refractivity contribution >= 4 is 28.8 Å². The highest BCUT2D eigenvalue weighted by molar-refractivity contribution is 5.93. The van der Waals surface area contributed by atoms with E-state index in [1.807, 2.05) is 30.8 Å². The van der Waals surface area contributed by atoms with E-state index >= 15 is 0 Å². The van der Waals surface area contributed by atoms with Gasteiger partial charge in [0.25, 0.3) is 5.91 Å². The van der Waals surface area contributed by atoms with Crippen LogP contribution >= 0.6 is 0 Å². The molecule has 8 heteroatoms. The summed E-state index contributed by atoms with van der Waals surface area (Å²) in [6, 6.07) is 7.51. The highest BCUT2D eigenvalue weighted by atomic mass is 16.2. The number of piperazine rings is 1. The predicted molar refractivity (Wildman–Crippen MR) is 137 cm³/mol. The molecule has 182 valence electrons. The summed E-state index contributed by atoms with van der Waals surface area (Å²) in [6.45, 7) is 8.19. The summed E-state index contributed by atoms with van der Waals surface area (Å²) in [7, 11) is 3.77. The Balaban J connectivity index is 1.25. The molecule has 0 N–H and O–H groups in total. The lowest BCUT2D eigenvalue weighted by molar-refractivity contribution is -0.128. The van der Waals surface area contributed by atoms with Crippen LogP contribution in [0.3, 0.4) is 0 Å². The molecule has 1 aromatic carbocycles. The molecule has 1 amide bonds. The van der Waals surface area contributed by atoms with Crippen LogP contribution in [-0.2, 0) is 17.8 Å². The molecule has 2 fully saturated rings. The van der Waals surface area contributed by atoms with Crippen LogP contribution in [0.15, 0.2) is 35.1 Å². The first-order chi connectivity index (χ1) is 16.5. The van der Waals surface area contributed by atoms with E-state index in [4.69, 9.17) is 4.98 Å². The van der Waals surface area contributed by atoms with Crippen LogP contribution < -0.4 is 4.90 Å². The number of carbonyl (C=O) groups excluding carboxylic acids is 1. The number of benzene rings is 1. The van der Waals surface area contributed by atoms with Gasteiger partial charge in [-0.1, -0.05) is 6.42 Å². The zero-order valence-electron chi connectivity index (χ0n) is 20.8. The van der Waals surface area contributed by atoms with Gasteiger partial charge in [-0.3, -0.25) is 14.7 Å². The summed E-state index contributed by atoms with van der Waals surface area (Å²) in [5.41, 5.74) is 4.16. The Morgan fingerprint density at radius 3 is 2.56 bits per heavy atom. The van der Waals surface area contributed by atoms with Crippen molar-refractivity contribution < 1.29 is 4.79 Å². The highest BCUT2D eigenvalue weighted by Crippen LogP contribution is 2.29. The molecule has 1 saturated heterocycles. The molecular weight excluding hydrogens is 426 g/mol. The highest BCUT2D eigenvalue weighted by Gasteiger charge is 2.28. The minimum atomic E-state index is 0.0412. The van der Waals surface area contributed by atoms with Crippen molar-refractivity contribution in [2.45, 2.75) is 45.2 Å². The van der Waals surface area contributed by atoms with Gasteiger partial charge < -0.3 is 19.3 Å². The summed E-state index contributed by atoms with van der Waals surface area (Å²) < 4.78 is 2.43. The van der Waals surface area contributed by atoms with E-state index in [0.717, 1.165) is 50.7 Å². The molecule has 0 atom stereocenters. The maximum Gasteiger partial charge on any atom is 0.271 e. The van der Waals surface area contributed by atoms with Crippen molar-refractivity contribution in [3.05, 3.63) is 35.9 Å². The normalized spacial score (nSPS) is 20.5. The quantitative estimate of drug-likeness (QED) is 0.504. The molecule has 34 heavy (non-hydrogen) atoms. The van der Waals surface area contributed by atoms with Gasteiger partial charge >= 0.3 is 0 Å². The monoisotopic (exact) mass is 463 g/mol. The SMILES string of the molecule is CC=N/C=C(/C(=O)N1CCN(c2ccc3c(c2)nc2n3CCN(C3CCC3)CC2)CC1)N(C)C. The number of carbonyl (C=O) groups is 1. The maximum absolute atomic E-state index is 13.0. The largest absolute Gasteiger partial charge is 0.372 e. The third-order valence-corrected chi connectivity index (χ3v) is 7.61. The van der Waals surface area contributed by atoms with E-state index < -0.39 is 0 Å². The molecule has 0 bridgehead atoms. The Bertz CT molecular complexity index is 1090. The molecule has 3 heterocycles. The molecular formula is C26H37N7O. The van der Waals surface area contributed by atoms with Crippen molar-refractivity contribution in [3.8, 4) is 0 Å². The fraction of sp³-hybridized carbons (Fsp3) is 0.577. The van der Waals surface area contributed by atoms with Crippen LogP contribution in [0.4, 0.5) is 5.69 Å². The van der Waals surface area contributed by atoms with Gasteiger partial charge in [-0.15, -0.1) is 0 Å². The van der Waals surface area contributed by atoms with Crippen LogP contribution in [0.2, 0.25) is 0 Å². The van der Waals surface area contributed by atoms with Gasteiger partial charge in [-0.05, 0) is 38.0 Å². The second-order valence-electron chi connectivity index (χ2n) is 9.82. The minimum Gasteiger partial charge on any atom is -0.372 e. The van der Waals surface area contributed by atoms with Gasteiger partial charge in [-0.2, -0.15) is 0 Å². The molecule has 2 aliphatic heterocycles. The van der Waals surface area contributed by atoms with E-state index in [9.17, 15) is 4.79 Å². The molecule has 0 unspecified atom stereocenters. The summed E-state index contributed by atoms with van der Waals surface area (Å²) in [4.78, 5) is 31.0. The van der Waals surface area contributed by atoms with Gasteiger partial charge in [0.1, 0.15) is 11.5 Å². The van der Waals surface area contributed by atoms with Gasteiger partial charge in [0.15, 0.2) is 0 Å². The van der Waals surface area contributed by atoms with E-state index in [-0.39, 0.29) is 5.91 Å². The van der Waals surface area contributed by atoms with Crippen LogP contribution in [0, 0.1) is 0 Å². The summed E-state index contributed by atoms with van der Waals surface area (Å²) in [5.74, 6) is 1.27. The maximum atomic E-state index is 13.0. The molecule has 0 spiro atoms. The lowest BCUT2D eigenvalue weighted by atomic mass is 9.91. The first-order valence-electron chi connectivity index (χ1n) is 12.7. The number of imidazole rings is 1. The molecule has 1 aromatic heterocycles. The zero-order chi connectivity index (χ0) is 23.7. The van der Waals surface area contributed by atoms with Gasteiger partial charge in [0.2, 0.25) is 0 Å². The lowest BCUT2D eigenvalue weighted by Crippen LogP contribution is -2.50. The summed E-state index contributed by atoms with van der Waals surface area (Å²) in [6.07, 6.45) is 8.50. The topological polar surface area (TPSA) is 60.2 Å². The fourth-order valence-electron chi connectivity index (χ4n) is 5.34. The standard InChI is InChI=1S/C26H37N7O/c1-4-27-19-24(29(2)3)26(34)32-14-12-31(13-15-32)21-8-9-23-22(18-21)28-25-10-11-30(16-17-33(23)25)20-6-5-7-20/h4,8-9,18-20H,5-7,10-17H2,1-3H3/b24-19-,27-4?. The number of aliphatic imine (C=N–C) groups is 1. The first-order valence-corrected chi connectivity index (χ1v) is 12.7. The Labute approximate surface area is 202 Å². The molecule has 1 aliphatic carbocycles. The number of anilines is 1. The number of amides is 1. The van der Waals surface area contributed by atoms with E-state index in [1.165, 1.54) is 36.3 Å². The van der Waals surface area contributed by atoms with Crippen molar-refractivity contribution in [1.82, 2.24) is 24.3 Å². The summed E-state index contributed by atoms with van der Waals surface area (Å²) >= 11 is 0. The number of hydrogen-bond donors (Lipinski definition) is 0. The molecule has 8 nitrogen and oxygen atoms in total. The summed E-state index contributed by atoms with van der Waals surface area (Å²) in [5, 5.41) is 0. The molecule has 1 saturated carbocycles. The number of fused-ring (bicyclic) bond motifs is 3. The average molecular weight is 464 g/mol. The first kappa shape index (κ1) is 22.9. The van der Waals surface area contributed by atoms with Crippen molar-refractivity contribution in [2.24, 2.45) is 4.99 Å². The number of hydrogen-bond acceptors (Lipinski definition) is 6. The molecule has 5 rings (SSSR count). The minimum absolute atomic E-state index is 0.0412. The number of likely N-dealkylation sites (N-methyl/N-ethyl adjacent to an activating group) is 1. The predicted octanol–water partition coefficient (Wildman–Crippen LogP) is 2.59. The Morgan fingerprint density at radius 1 is 1.09 bits per heavy atom. The molecule has 3 aliphatic rings. The smallest absolute Gasteiger partial charge is 0.271 e. The van der Waals surface area contributed by atoms with Crippen LogP contribution in [0.5, 0.6) is 0 Å². The van der Waals surface area contributed by atoms with Crippen LogP contribution in [0.25, 0.3) is 11.0 Å². The lowest BCUT2D eigenvalue weighted by Gasteiger charge is -2.37. The molecule has 0 radical (unpaired) electrons. The second-order valence-corrected chi connectivity index (χ2v) is 9.82. The van der Waals surface area contributed by atoms with Crippen molar-refractivity contribution in [2.75, 3.05) is 58.3 Å². The third-order valence-electron chi connectivity index (χ3n) is 7.61. The van der Waals surface area contributed by atoms with Gasteiger partial charge in [-0.25, -0.2) is 4.98 Å². The Hall–Kier alpha value is -2.87. The van der Waals surface area contributed by atoms with E-state index in [0.29, 0.717) is 18.8 Å². The Kier molecular flexibility index (Phi) is 6.59. The molecule has 2 aromatic rings. The van der Waals surface area contributed by atoms with Gasteiger partial charge in [0, 0.05) is 84.3 Å². The van der Waals surface area contributed by atoms with Gasteiger partial charge in [0.05, 0.1) is 17.2 Å². The van der Waals surface area contributed by atoms with E-state index in [2.05, 4.69) is 37.6 Å². The van der Waals surface area contributed by atoms with E-state index in [1.54, 1.807) is 12.4 Å². The number of nitrogens with zero attached hydrogens (tertiary/aromatic N) is 7. The fourth-order valence-corrected chi connectivity index (χ4v) is 5.34.